The fourth-order valence-corrected chi connectivity index (χ4v) is 1.64. The standard InChI is InChI=1S/C12H14ClN/c1-2-9-7-11(13)4-3-10(9)8-14-12-5-6-12/h2-4,7,12,14H,1,5-6,8H2. The highest BCUT2D eigenvalue weighted by atomic mass is 35.5. The lowest BCUT2D eigenvalue weighted by atomic mass is 10.1. The normalized spacial score (nSPS) is 15.5. The molecule has 0 saturated heterocycles. The van der Waals surface area contributed by atoms with Crippen LogP contribution in [0.3, 0.4) is 0 Å². The molecule has 0 bridgehead atoms. The van der Waals surface area contributed by atoms with E-state index in [1.54, 1.807) is 0 Å². The molecule has 0 atom stereocenters. The van der Waals surface area contributed by atoms with Gasteiger partial charge in [0, 0.05) is 17.6 Å². The molecule has 0 aromatic heterocycles. The van der Waals surface area contributed by atoms with Gasteiger partial charge in [0.05, 0.1) is 0 Å². The Balaban J connectivity index is 2.09. The third-order valence-corrected chi connectivity index (χ3v) is 2.72. The predicted octanol–water partition coefficient (Wildman–Crippen LogP) is 3.24. The van der Waals surface area contributed by atoms with E-state index in [1.165, 1.54) is 18.4 Å². The second kappa shape index (κ2) is 4.16. The molecule has 1 aromatic carbocycles. The smallest absolute Gasteiger partial charge is 0.0412 e. The van der Waals surface area contributed by atoms with Gasteiger partial charge in [0.15, 0.2) is 0 Å². The fourth-order valence-electron chi connectivity index (χ4n) is 1.46. The van der Waals surface area contributed by atoms with Gasteiger partial charge in [0.2, 0.25) is 0 Å². The minimum atomic E-state index is 0.739. The van der Waals surface area contributed by atoms with E-state index in [0.717, 1.165) is 23.2 Å². The topological polar surface area (TPSA) is 12.0 Å². The predicted molar refractivity (Wildman–Crippen MR) is 61.4 cm³/mol. The lowest BCUT2D eigenvalue weighted by molar-refractivity contribution is 0.687. The molecule has 1 aliphatic rings. The molecular weight excluding hydrogens is 194 g/mol. The van der Waals surface area contributed by atoms with E-state index in [2.05, 4.69) is 18.0 Å². The lowest BCUT2D eigenvalue weighted by Crippen LogP contribution is -2.15. The van der Waals surface area contributed by atoms with Crippen LogP contribution in [0.5, 0.6) is 0 Å². The quantitative estimate of drug-likeness (QED) is 0.800. The summed E-state index contributed by atoms with van der Waals surface area (Å²) >= 11 is 5.90. The van der Waals surface area contributed by atoms with Gasteiger partial charge in [-0.05, 0) is 36.1 Å². The number of benzene rings is 1. The van der Waals surface area contributed by atoms with Crippen LogP contribution in [0, 0.1) is 0 Å². The van der Waals surface area contributed by atoms with Gasteiger partial charge in [-0.25, -0.2) is 0 Å². The van der Waals surface area contributed by atoms with Gasteiger partial charge in [-0.1, -0.05) is 30.3 Å². The first kappa shape index (κ1) is 9.75. The number of hydrogen-bond acceptors (Lipinski definition) is 1. The molecule has 0 unspecified atom stereocenters. The van der Waals surface area contributed by atoms with E-state index >= 15 is 0 Å². The van der Waals surface area contributed by atoms with Gasteiger partial charge in [-0.2, -0.15) is 0 Å². The van der Waals surface area contributed by atoms with Crippen LogP contribution in [0.1, 0.15) is 24.0 Å². The highest BCUT2D eigenvalue weighted by molar-refractivity contribution is 6.30. The molecule has 1 aromatic rings. The Morgan fingerprint density at radius 3 is 2.93 bits per heavy atom. The maximum Gasteiger partial charge on any atom is 0.0412 e. The number of halogens is 1. The van der Waals surface area contributed by atoms with Crippen LogP contribution in [0.25, 0.3) is 6.08 Å². The first-order valence-corrected chi connectivity index (χ1v) is 5.31. The summed E-state index contributed by atoms with van der Waals surface area (Å²) in [4.78, 5) is 0. The molecule has 14 heavy (non-hydrogen) atoms. The van der Waals surface area contributed by atoms with Gasteiger partial charge in [0.1, 0.15) is 0 Å². The van der Waals surface area contributed by atoms with Crippen LogP contribution in [0.2, 0.25) is 5.02 Å². The van der Waals surface area contributed by atoms with E-state index < -0.39 is 0 Å². The number of rotatable bonds is 4. The van der Waals surface area contributed by atoms with Crippen molar-refractivity contribution in [3.8, 4) is 0 Å². The minimum Gasteiger partial charge on any atom is -0.310 e. The zero-order valence-electron chi connectivity index (χ0n) is 8.09. The molecule has 0 radical (unpaired) electrons. The average molecular weight is 208 g/mol. The molecule has 1 N–H and O–H groups in total. The van der Waals surface area contributed by atoms with E-state index in [4.69, 9.17) is 11.6 Å². The SMILES string of the molecule is C=Cc1cc(Cl)ccc1CNC1CC1. The molecule has 0 spiro atoms. The Morgan fingerprint density at radius 1 is 1.50 bits per heavy atom. The molecule has 2 rings (SSSR count). The zero-order valence-corrected chi connectivity index (χ0v) is 8.85. The third kappa shape index (κ3) is 2.37. The van der Waals surface area contributed by atoms with Crippen LogP contribution < -0.4 is 5.32 Å². The van der Waals surface area contributed by atoms with Gasteiger partial charge in [-0.3, -0.25) is 0 Å². The summed E-state index contributed by atoms with van der Waals surface area (Å²) in [5, 5.41) is 4.25. The van der Waals surface area contributed by atoms with Crippen molar-refractivity contribution in [3.05, 3.63) is 40.9 Å². The van der Waals surface area contributed by atoms with Gasteiger partial charge < -0.3 is 5.32 Å². The Hall–Kier alpha value is -0.790. The highest BCUT2D eigenvalue weighted by Gasteiger charge is 2.20. The zero-order chi connectivity index (χ0) is 9.97. The molecule has 1 nitrogen and oxygen atoms in total. The molecule has 0 aliphatic heterocycles. The summed E-state index contributed by atoms with van der Waals surface area (Å²) in [6.45, 7) is 4.71. The first-order chi connectivity index (χ1) is 6.79. The molecule has 2 heteroatoms. The molecule has 1 fully saturated rings. The summed E-state index contributed by atoms with van der Waals surface area (Å²) in [6.07, 6.45) is 4.49. The van der Waals surface area contributed by atoms with Crippen LogP contribution in [-0.4, -0.2) is 6.04 Å². The monoisotopic (exact) mass is 207 g/mol. The maximum atomic E-state index is 5.90. The van der Waals surface area contributed by atoms with Crippen molar-refractivity contribution in [3.63, 3.8) is 0 Å². The third-order valence-electron chi connectivity index (χ3n) is 2.49. The van der Waals surface area contributed by atoms with E-state index in [-0.39, 0.29) is 0 Å². The molecule has 1 saturated carbocycles. The number of nitrogens with one attached hydrogen (secondary N) is 1. The van der Waals surface area contributed by atoms with Crippen molar-refractivity contribution in [2.75, 3.05) is 0 Å². The minimum absolute atomic E-state index is 0.739. The van der Waals surface area contributed by atoms with Gasteiger partial charge in [0.25, 0.3) is 0 Å². The van der Waals surface area contributed by atoms with Crippen molar-refractivity contribution in [2.24, 2.45) is 0 Å². The Bertz CT molecular complexity index is 342. The lowest BCUT2D eigenvalue weighted by Gasteiger charge is -2.07. The summed E-state index contributed by atoms with van der Waals surface area (Å²) in [5.74, 6) is 0. The molecule has 1 aliphatic carbocycles. The van der Waals surface area contributed by atoms with Crippen molar-refractivity contribution in [1.82, 2.24) is 5.32 Å². The van der Waals surface area contributed by atoms with Crippen molar-refractivity contribution >= 4 is 17.7 Å². The van der Waals surface area contributed by atoms with Crippen LogP contribution in [0.15, 0.2) is 24.8 Å². The van der Waals surface area contributed by atoms with Crippen molar-refractivity contribution < 1.29 is 0 Å². The second-order valence-electron chi connectivity index (χ2n) is 3.70. The average Bonchev–Trinajstić information content (AvgIpc) is 2.99. The highest BCUT2D eigenvalue weighted by Crippen LogP contribution is 2.21. The molecule has 74 valence electrons. The maximum absolute atomic E-state index is 5.90. The second-order valence-corrected chi connectivity index (χ2v) is 4.14. The molecular formula is C12H14ClN. The summed E-state index contributed by atoms with van der Waals surface area (Å²) in [7, 11) is 0. The van der Waals surface area contributed by atoms with E-state index in [0.29, 0.717) is 0 Å². The van der Waals surface area contributed by atoms with E-state index in [9.17, 15) is 0 Å². The molecule has 0 heterocycles. The van der Waals surface area contributed by atoms with Crippen molar-refractivity contribution in [1.29, 1.82) is 0 Å². The van der Waals surface area contributed by atoms with Crippen LogP contribution >= 0.6 is 11.6 Å². The Kier molecular flexibility index (Phi) is 2.90. The van der Waals surface area contributed by atoms with Crippen LogP contribution in [-0.2, 0) is 6.54 Å². The summed E-state index contributed by atoms with van der Waals surface area (Å²) in [6, 6.07) is 6.69. The van der Waals surface area contributed by atoms with Gasteiger partial charge >= 0.3 is 0 Å². The largest absolute Gasteiger partial charge is 0.310 e. The van der Waals surface area contributed by atoms with Crippen molar-refractivity contribution in [2.45, 2.75) is 25.4 Å². The molecule has 0 amide bonds. The Labute approximate surface area is 89.8 Å². The number of hydrogen-bond donors (Lipinski definition) is 1. The fraction of sp³-hybridized carbons (Fsp3) is 0.333. The van der Waals surface area contributed by atoms with Crippen LogP contribution in [0.4, 0.5) is 0 Å². The Morgan fingerprint density at radius 2 is 2.29 bits per heavy atom. The summed E-state index contributed by atoms with van der Waals surface area (Å²) < 4.78 is 0. The summed E-state index contributed by atoms with van der Waals surface area (Å²) in [5.41, 5.74) is 2.40. The van der Waals surface area contributed by atoms with Gasteiger partial charge in [-0.15, -0.1) is 0 Å². The first-order valence-electron chi connectivity index (χ1n) is 4.94. The van der Waals surface area contributed by atoms with E-state index in [1.807, 2.05) is 18.2 Å².